The molecule has 2 aromatic rings. The van der Waals surface area contributed by atoms with Crippen LogP contribution in [0.15, 0.2) is 59.9 Å². The minimum absolute atomic E-state index is 0.0191. The van der Waals surface area contributed by atoms with Crippen LogP contribution in [0.2, 0.25) is 0 Å². The smallest absolute Gasteiger partial charge is 0.182 e. The highest BCUT2D eigenvalue weighted by molar-refractivity contribution is 6.02. The summed E-state index contributed by atoms with van der Waals surface area (Å²) < 4.78 is 10.9. The molecule has 0 spiro atoms. The fourth-order valence-electron chi connectivity index (χ4n) is 5.11. The second kappa shape index (κ2) is 7.44. The summed E-state index contributed by atoms with van der Waals surface area (Å²) in [5.41, 5.74) is 5.84. The number of carbonyl (C=O) groups excluding carboxylic acids is 1. The van der Waals surface area contributed by atoms with Crippen LogP contribution in [0.25, 0.3) is 0 Å². The maximum absolute atomic E-state index is 13.3. The number of carbonyl (C=O) groups is 1. The van der Waals surface area contributed by atoms with E-state index in [1.54, 1.807) is 26.4 Å². The second-order valence-electron chi connectivity index (χ2n) is 9.60. The monoisotopic (exact) mass is 432 g/mol. The van der Waals surface area contributed by atoms with E-state index < -0.39 is 0 Å². The van der Waals surface area contributed by atoms with Crippen molar-refractivity contribution in [3.05, 3.63) is 71.1 Å². The zero-order valence-corrected chi connectivity index (χ0v) is 20.2. The molecular formula is C27H32N2O3. The Morgan fingerprint density at radius 3 is 1.47 bits per heavy atom. The Morgan fingerprint density at radius 2 is 1.12 bits per heavy atom. The number of hydrogen-bond acceptors (Lipinski definition) is 5. The Balaban J connectivity index is 1.71. The van der Waals surface area contributed by atoms with Crippen molar-refractivity contribution in [2.45, 2.75) is 38.5 Å². The minimum Gasteiger partial charge on any atom is -0.497 e. The van der Waals surface area contributed by atoms with Crippen molar-refractivity contribution in [1.29, 1.82) is 0 Å². The SMILES string of the molecule is COc1ccc2c(c1)C(C)(C)/C(=C\C(=O)/C=C1/N(C)c3ccc(OC)cc3C1(C)C)N2C. The average molecular weight is 433 g/mol. The van der Waals surface area contributed by atoms with Crippen molar-refractivity contribution < 1.29 is 14.3 Å². The summed E-state index contributed by atoms with van der Waals surface area (Å²) in [6.45, 7) is 8.59. The molecule has 0 atom stereocenters. The predicted octanol–water partition coefficient (Wildman–Crippen LogP) is 5.20. The Kier molecular flexibility index (Phi) is 5.11. The molecule has 2 aliphatic rings. The first-order valence-corrected chi connectivity index (χ1v) is 10.8. The van der Waals surface area contributed by atoms with E-state index in [2.05, 4.69) is 61.8 Å². The molecular weight excluding hydrogens is 400 g/mol. The Hall–Kier alpha value is -3.21. The largest absolute Gasteiger partial charge is 0.497 e. The van der Waals surface area contributed by atoms with Gasteiger partial charge >= 0.3 is 0 Å². The van der Waals surface area contributed by atoms with Crippen LogP contribution in [0.5, 0.6) is 11.5 Å². The first kappa shape index (κ1) is 22.0. The molecule has 0 bridgehead atoms. The average Bonchev–Trinajstić information content (AvgIpc) is 3.07. The van der Waals surface area contributed by atoms with E-state index in [1.807, 2.05) is 26.2 Å². The number of methoxy groups -OCH3 is 2. The number of likely N-dealkylation sites (N-methyl/N-ethyl adjacent to an activating group) is 2. The van der Waals surface area contributed by atoms with Crippen molar-refractivity contribution in [2.24, 2.45) is 0 Å². The number of nitrogens with zero attached hydrogens (tertiary/aromatic N) is 2. The highest BCUT2D eigenvalue weighted by Crippen LogP contribution is 2.49. The number of anilines is 2. The Bertz CT molecular complexity index is 1070. The lowest BCUT2D eigenvalue weighted by Crippen LogP contribution is -2.25. The molecule has 4 rings (SSSR count). The summed E-state index contributed by atoms with van der Waals surface area (Å²) in [6, 6.07) is 12.1. The van der Waals surface area contributed by atoms with Gasteiger partial charge in [0.2, 0.25) is 0 Å². The second-order valence-corrected chi connectivity index (χ2v) is 9.60. The molecule has 168 valence electrons. The first-order valence-electron chi connectivity index (χ1n) is 10.8. The van der Waals surface area contributed by atoms with E-state index >= 15 is 0 Å². The number of benzene rings is 2. The van der Waals surface area contributed by atoms with Gasteiger partial charge in [-0.25, -0.2) is 0 Å². The van der Waals surface area contributed by atoms with Gasteiger partial charge in [-0.1, -0.05) is 27.7 Å². The number of ketones is 1. The van der Waals surface area contributed by atoms with Gasteiger partial charge < -0.3 is 19.3 Å². The number of ether oxygens (including phenoxy) is 2. The van der Waals surface area contributed by atoms with Gasteiger partial charge in [0.05, 0.1) is 14.2 Å². The molecule has 5 nitrogen and oxygen atoms in total. The normalized spacial score (nSPS) is 20.5. The van der Waals surface area contributed by atoms with Crippen molar-refractivity contribution in [1.82, 2.24) is 0 Å². The van der Waals surface area contributed by atoms with E-state index in [9.17, 15) is 4.79 Å². The molecule has 32 heavy (non-hydrogen) atoms. The van der Waals surface area contributed by atoms with Gasteiger partial charge in [0, 0.05) is 59.8 Å². The molecule has 0 fully saturated rings. The third kappa shape index (κ3) is 3.19. The maximum Gasteiger partial charge on any atom is 0.182 e. The van der Waals surface area contributed by atoms with Crippen LogP contribution in [-0.2, 0) is 15.6 Å². The van der Waals surface area contributed by atoms with Crippen LogP contribution in [0.3, 0.4) is 0 Å². The lowest BCUT2D eigenvalue weighted by molar-refractivity contribution is -0.110. The van der Waals surface area contributed by atoms with Crippen LogP contribution in [-0.4, -0.2) is 34.1 Å². The summed E-state index contributed by atoms with van der Waals surface area (Å²) in [4.78, 5) is 17.5. The van der Waals surface area contributed by atoms with Crippen LogP contribution < -0.4 is 19.3 Å². The summed E-state index contributed by atoms with van der Waals surface area (Å²) in [5.74, 6) is 1.62. The highest BCUT2D eigenvalue weighted by Gasteiger charge is 2.41. The molecule has 0 unspecified atom stereocenters. The molecule has 2 aliphatic heterocycles. The van der Waals surface area contributed by atoms with Crippen molar-refractivity contribution in [3.63, 3.8) is 0 Å². The molecule has 0 radical (unpaired) electrons. The molecule has 2 heterocycles. The van der Waals surface area contributed by atoms with Gasteiger partial charge in [-0.05, 0) is 47.5 Å². The summed E-state index contributed by atoms with van der Waals surface area (Å²) >= 11 is 0. The fraction of sp³-hybridized carbons (Fsp3) is 0.370. The van der Waals surface area contributed by atoms with Crippen LogP contribution >= 0.6 is 0 Å². The summed E-state index contributed by atoms with van der Waals surface area (Å²) in [5, 5.41) is 0. The van der Waals surface area contributed by atoms with Gasteiger partial charge in [-0.2, -0.15) is 0 Å². The third-order valence-electron chi connectivity index (χ3n) is 7.04. The van der Waals surface area contributed by atoms with Crippen molar-refractivity contribution in [2.75, 3.05) is 38.1 Å². The lowest BCUT2D eigenvalue weighted by atomic mass is 9.82. The standard InChI is InChI=1S/C27H32N2O3/c1-26(2)20-15-18(31-7)9-11-22(20)28(5)24(26)13-17(30)14-25-27(3,4)21-16-19(32-8)10-12-23(21)29(25)6/h9-16H,1-8H3/b24-13+,25-14+. The number of hydrogen-bond donors (Lipinski definition) is 0. The van der Waals surface area contributed by atoms with E-state index in [1.165, 1.54) is 0 Å². The van der Waals surface area contributed by atoms with Crippen molar-refractivity contribution >= 4 is 17.2 Å². The number of fused-ring (bicyclic) bond motifs is 2. The van der Waals surface area contributed by atoms with Gasteiger partial charge in [-0.15, -0.1) is 0 Å². The van der Waals surface area contributed by atoms with E-state index in [4.69, 9.17) is 9.47 Å². The third-order valence-corrected chi connectivity index (χ3v) is 7.04. The van der Waals surface area contributed by atoms with Gasteiger partial charge in [-0.3, -0.25) is 4.79 Å². The fourth-order valence-corrected chi connectivity index (χ4v) is 5.11. The van der Waals surface area contributed by atoms with E-state index in [0.717, 1.165) is 45.4 Å². The molecule has 0 aliphatic carbocycles. The minimum atomic E-state index is -0.305. The molecule has 5 heteroatoms. The van der Waals surface area contributed by atoms with Crippen molar-refractivity contribution in [3.8, 4) is 11.5 Å². The molecule has 0 aromatic heterocycles. The Labute approximate surface area is 190 Å². The summed E-state index contributed by atoms with van der Waals surface area (Å²) in [6.07, 6.45) is 3.54. The maximum atomic E-state index is 13.3. The van der Waals surface area contributed by atoms with Gasteiger partial charge in [0.25, 0.3) is 0 Å². The molecule has 2 aromatic carbocycles. The lowest BCUT2D eigenvalue weighted by Gasteiger charge is -2.25. The van der Waals surface area contributed by atoms with E-state index in [-0.39, 0.29) is 16.6 Å². The Morgan fingerprint density at radius 1 is 0.750 bits per heavy atom. The van der Waals surface area contributed by atoms with Crippen LogP contribution in [0.4, 0.5) is 11.4 Å². The molecule has 0 saturated carbocycles. The first-order chi connectivity index (χ1) is 15.0. The zero-order valence-electron chi connectivity index (χ0n) is 20.2. The molecule has 0 amide bonds. The zero-order chi connectivity index (χ0) is 23.4. The van der Waals surface area contributed by atoms with Gasteiger partial charge in [0.1, 0.15) is 11.5 Å². The predicted molar refractivity (Wildman–Crippen MR) is 130 cm³/mol. The van der Waals surface area contributed by atoms with Crippen LogP contribution in [0.1, 0.15) is 38.8 Å². The highest BCUT2D eigenvalue weighted by atomic mass is 16.5. The molecule has 0 N–H and O–H groups in total. The van der Waals surface area contributed by atoms with E-state index in [0.29, 0.717) is 0 Å². The van der Waals surface area contributed by atoms with Crippen LogP contribution in [0, 0.1) is 0 Å². The number of allylic oxidation sites excluding steroid dienone is 4. The molecule has 0 saturated heterocycles. The number of rotatable bonds is 4. The quantitative estimate of drug-likeness (QED) is 0.622. The van der Waals surface area contributed by atoms with Gasteiger partial charge in [0.15, 0.2) is 5.78 Å². The topological polar surface area (TPSA) is 42.0 Å². The summed E-state index contributed by atoms with van der Waals surface area (Å²) in [7, 11) is 7.38.